The maximum atomic E-state index is 13.5. The van der Waals surface area contributed by atoms with Crippen molar-refractivity contribution in [3.8, 4) is 5.75 Å². The summed E-state index contributed by atoms with van der Waals surface area (Å²) in [6.45, 7) is 10.2. The van der Waals surface area contributed by atoms with Gasteiger partial charge < -0.3 is 15.0 Å². The highest BCUT2D eigenvalue weighted by Gasteiger charge is 2.44. The summed E-state index contributed by atoms with van der Waals surface area (Å²) in [6.07, 6.45) is 4.51. The van der Waals surface area contributed by atoms with E-state index in [2.05, 4.69) is 72.3 Å². The van der Waals surface area contributed by atoms with Crippen LogP contribution in [0.2, 0.25) is 0 Å². The number of hydrogen-bond acceptors (Lipinski definition) is 3. The molecule has 3 aliphatic rings. The maximum absolute atomic E-state index is 13.5. The number of piperidine rings is 2. The van der Waals surface area contributed by atoms with Crippen LogP contribution in [0.4, 0.5) is 4.79 Å². The van der Waals surface area contributed by atoms with Crippen LogP contribution in [0.15, 0.2) is 48.5 Å². The standard InChI is InChI=1S/C29H39N3O2/c1-20(2)19-34-25-11-6-9-23(16-25)21(3)30-29(33)32-14-7-10-24-18-31-15-13-22-8-4-5-12-26(22)28(31)17-27(24)32/h4-6,8-9,11-12,16,20-21,24,27-28H,7,10,13-15,17-19H2,1-3H3,(H,30,33)/t21-,24-,27+,28-/m1/s1. The predicted molar refractivity (Wildman–Crippen MR) is 136 cm³/mol. The summed E-state index contributed by atoms with van der Waals surface area (Å²) in [5.41, 5.74) is 4.05. The lowest BCUT2D eigenvalue weighted by atomic mass is 9.77. The minimum Gasteiger partial charge on any atom is -0.493 e. The maximum Gasteiger partial charge on any atom is 0.318 e. The lowest BCUT2D eigenvalue weighted by Gasteiger charge is -2.52. The van der Waals surface area contributed by atoms with E-state index in [9.17, 15) is 4.79 Å². The molecule has 1 N–H and O–H groups in total. The molecule has 2 saturated heterocycles. The molecule has 5 rings (SSSR count). The monoisotopic (exact) mass is 461 g/mol. The average molecular weight is 462 g/mol. The van der Waals surface area contributed by atoms with Crippen LogP contribution in [0.1, 0.15) is 68.8 Å². The summed E-state index contributed by atoms with van der Waals surface area (Å²) in [7, 11) is 0. The number of likely N-dealkylation sites (tertiary alicyclic amines) is 1. The van der Waals surface area contributed by atoms with Gasteiger partial charge in [0.1, 0.15) is 5.75 Å². The van der Waals surface area contributed by atoms with Gasteiger partial charge in [0.2, 0.25) is 0 Å². The molecule has 5 heteroatoms. The lowest BCUT2D eigenvalue weighted by molar-refractivity contribution is 0.00533. The van der Waals surface area contributed by atoms with Crippen molar-refractivity contribution in [1.29, 1.82) is 0 Å². The second kappa shape index (κ2) is 9.99. The SMILES string of the molecule is CC(C)COc1cccc([C@@H](C)NC(=O)N2CCC[C@@H]3CN4CCc5ccccc5[C@H]4C[C@@H]32)c1. The number of urea groups is 1. The van der Waals surface area contributed by atoms with Gasteiger partial charge >= 0.3 is 6.03 Å². The molecule has 2 aromatic carbocycles. The Hall–Kier alpha value is -2.53. The van der Waals surface area contributed by atoms with Crippen molar-refractivity contribution < 1.29 is 9.53 Å². The molecule has 182 valence electrons. The first kappa shape index (κ1) is 23.2. The first-order valence-electron chi connectivity index (χ1n) is 13.1. The van der Waals surface area contributed by atoms with Crippen LogP contribution in [-0.4, -0.2) is 48.1 Å². The molecule has 0 unspecified atom stereocenters. The summed E-state index contributed by atoms with van der Waals surface area (Å²) in [6, 6.07) is 17.8. The zero-order valence-electron chi connectivity index (χ0n) is 20.9. The fourth-order valence-electron chi connectivity index (χ4n) is 6.14. The molecule has 34 heavy (non-hydrogen) atoms. The number of nitrogens with one attached hydrogen (secondary N) is 1. The third kappa shape index (κ3) is 4.81. The molecule has 0 aromatic heterocycles. The molecular formula is C29H39N3O2. The van der Waals surface area contributed by atoms with Crippen molar-refractivity contribution in [3.05, 3.63) is 65.2 Å². The molecule has 3 aliphatic heterocycles. The Labute approximate surface area is 204 Å². The van der Waals surface area contributed by atoms with E-state index in [1.165, 1.54) is 17.5 Å². The Kier molecular flexibility index (Phi) is 6.82. The Balaban J connectivity index is 1.28. The third-order valence-corrected chi connectivity index (χ3v) is 7.92. The number of fused-ring (bicyclic) bond motifs is 4. The van der Waals surface area contributed by atoms with Crippen molar-refractivity contribution in [2.75, 3.05) is 26.2 Å². The van der Waals surface area contributed by atoms with Crippen LogP contribution in [0.3, 0.4) is 0 Å². The van der Waals surface area contributed by atoms with Crippen molar-refractivity contribution in [2.45, 2.75) is 64.6 Å². The van der Waals surface area contributed by atoms with Crippen LogP contribution in [0.5, 0.6) is 5.75 Å². The number of hydrogen-bond donors (Lipinski definition) is 1. The minimum absolute atomic E-state index is 0.0639. The van der Waals surface area contributed by atoms with E-state index in [-0.39, 0.29) is 12.1 Å². The number of benzene rings is 2. The molecule has 2 amide bonds. The molecule has 5 nitrogen and oxygen atoms in total. The van der Waals surface area contributed by atoms with Crippen LogP contribution in [0.25, 0.3) is 0 Å². The Morgan fingerprint density at radius 2 is 1.97 bits per heavy atom. The largest absolute Gasteiger partial charge is 0.493 e. The summed E-state index contributed by atoms with van der Waals surface area (Å²) >= 11 is 0. The first-order valence-corrected chi connectivity index (χ1v) is 13.1. The first-order chi connectivity index (χ1) is 16.5. The third-order valence-electron chi connectivity index (χ3n) is 7.92. The van der Waals surface area contributed by atoms with Crippen molar-refractivity contribution >= 4 is 6.03 Å². The van der Waals surface area contributed by atoms with E-state index in [4.69, 9.17) is 4.74 Å². The fourth-order valence-corrected chi connectivity index (χ4v) is 6.14. The average Bonchev–Trinajstić information content (AvgIpc) is 2.86. The van der Waals surface area contributed by atoms with Crippen molar-refractivity contribution in [1.82, 2.24) is 15.1 Å². The van der Waals surface area contributed by atoms with Gasteiger partial charge in [-0.25, -0.2) is 4.79 Å². The molecular weight excluding hydrogens is 422 g/mol. The number of carbonyl (C=O) groups is 1. The highest BCUT2D eigenvalue weighted by molar-refractivity contribution is 5.75. The van der Waals surface area contributed by atoms with Crippen LogP contribution < -0.4 is 10.1 Å². The van der Waals surface area contributed by atoms with E-state index in [0.29, 0.717) is 30.5 Å². The molecule has 2 aromatic rings. The van der Waals surface area contributed by atoms with Gasteiger partial charge in [-0.15, -0.1) is 0 Å². The smallest absolute Gasteiger partial charge is 0.318 e. The fraction of sp³-hybridized carbons (Fsp3) is 0.552. The highest BCUT2D eigenvalue weighted by Crippen LogP contribution is 2.42. The highest BCUT2D eigenvalue weighted by atomic mass is 16.5. The van der Waals surface area contributed by atoms with Gasteiger partial charge in [-0.1, -0.05) is 50.2 Å². The number of carbonyl (C=O) groups excluding carboxylic acids is 1. The molecule has 0 aliphatic carbocycles. The Bertz CT molecular complexity index is 1010. The van der Waals surface area contributed by atoms with Crippen LogP contribution >= 0.6 is 0 Å². The van der Waals surface area contributed by atoms with E-state index < -0.39 is 0 Å². The van der Waals surface area contributed by atoms with Gasteiger partial charge in [0.15, 0.2) is 0 Å². The minimum atomic E-state index is -0.0639. The molecule has 2 fully saturated rings. The topological polar surface area (TPSA) is 44.8 Å². The molecule has 4 atom stereocenters. The zero-order valence-corrected chi connectivity index (χ0v) is 20.9. The van der Waals surface area contributed by atoms with Gasteiger partial charge in [-0.3, -0.25) is 4.90 Å². The Morgan fingerprint density at radius 3 is 2.82 bits per heavy atom. The molecule has 0 saturated carbocycles. The van der Waals surface area contributed by atoms with Crippen LogP contribution in [-0.2, 0) is 6.42 Å². The lowest BCUT2D eigenvalue weighted by Crippen LogP contribution is -2.59. The Morgan fingerprint density at radius 1 is 1.12 bits per heavy atom. The molecule has 3 heterocycles. The quantitative estimate of drug-likeness (QED) is 0.633. The summed E-state index contributed by atoms with van der Waals surface area (Å²) < 4.78 is 5.90. The molecule has 0 bridgehead atoms. The number of amides is 2. The van der Waals surface area contributed by atoms with Gasteiger partial charge in [0.25, 0.3) is 0 Å². The van der Waals surface area contributed by atoms with Gasteiger partial charge in [0, 0.05) is 31.7 Å². The number of ether oxygens (including phenoxy) is 1. The number of nitrogens with zero attached hydrogens (tertiary/aromatic N) is 2. The van der Waals surface area contributed by atoms with E-state index in [0.717, 1.165) is 50.2 Å². The van der Waals surface area contributed by atoms with Crippen molar-refractivity contribution in [3.63, 3.8) is 0 Å². The summed E-state index contributed by atoms with van der Waals surface area (Å²) in [5, 5.41) is 3.30. The predicted octanol–water partition coefficient (Wildman–Crippen LogP) is 5.58. The second-order valence-electron chi connectivity index (χ2n) is 10.8. The van der Waals surface area contributed by atoms with Crippen LogP contribution in [0, 0.1) is 11.8 Å². The molecule has 0 radical (unpaired) electrons. The van der Waals surface area contributed by atoms with Gasteiger partial charge in [0.05, 0.1) is 12.6 Å². The second-order valence-corrected chi connectivity index (χ2v) is 10.8. The summed E-state index contributed by atoms with van der Waals surface area (Å²) in [4.78, 5) is 18.3. The normalized spacial score (nSPS) is 25.2. The van der Waals surface area contributed by atoms with E-state index >= 15 is 0 Å². The van der Waals surface area contributed by atoms with E-state index in [1.54, 1.807) is 0 Å². The molecule has 0 spiro atoms. The van der Waals surface area contributed by atoms with Gasteiger partial charge in [-0.05, 0) is 73.3 Å². The van der Waals surface area contributed by atoms with Gasteiger partial charge in [-0.2, -0.15) is 0 Å². The number of rotatable bonds is 5. The summed E-state index contributed by atoms with van der Waals surface area (Å²) in [5.74, 6) is 1.92. The zero-order chi connectivity index (χ0) is 23.7. The van der Waals surface area contributed by atoms with Crippen molar-refractivity contribution in [2.24, 2.45) is 11.8 Å². The van der Waals surface area contributed by atoms with E-state index in [1.807, 2.05) is 12.1 Å².